The molecule has 1 atom stereocenters. The summed E-state index contributed by atoms with van der Waals surface area (Å²) in [6.07, 6.45) is 0. The van der Waals surface area contributed by atoms with Gasteiger partial charge in [-0.05, 0) is 55.3 Å². The first-order chi connectivity index (χ1) is 16.3. The van der Waals surface area contributed by atoms with Crippen molar-refractivity contribution >= 4 is 52.5 Å². The highest BCUT2D eigenvalue weighted by Gasteiger charge is 2.23. The van der Waals surface area contributed by atoms with Gasteiger partial charge in [-0.25, -0.2) is 0 Å². The van der Waals surface area contributed by atoms with E-state index >= 15 is 0 Å². The highest BCUT2D eigenvalue weighted by Crippen LogP contribution is 2.30. The van der Waals surface area contributed by atoms with Crippen LogP contribution in [0.25, 0.3) is 5.69 Å². The number of aryl methyl sites for hydroxylation is 1. The first-order valence-corrected chi connectivity index (χ1v) is 12.6. The number of carbonyl (C=O) groups is 1. The molecule has 1 heterocycles. The average Bonchev–Trinajstić information content (AvgIpc) is 3.25. The summed E-state index contributed by atoms with van der Waals surface area (Å²) in [6.45, 7) is 3.86. The maximum atomic E-state index is 12.9. The lowest BCUT2D eigenvalue weighted by molar-refractivity contribution is 0.0938. The molecule has 3 aromatic carbocycles. The molecule has 1 N–H and O–H groups in total. The van der Waals surface area contributed by atoms with Crippen molar-refractivity contribution in [2.24, 2.45) is 0 Å². The zero-order chi connectivity index (χ0) is 24.2. The first kappa shape index (κ1) is 24.6. The molecule has 5 nitrogen and oxygen atoms in total. The van der Waals surface area contributed by atoms with Crippen molar-refractivity contribution in [3.05, 3.63) is 104 Å². The highest BCUT2D eigenvalue weighted by atomic mass is 35.5. The third kappa shape index (κ3) is 5.58. The van der Waals surface area contributed by atoms with Gasteiger partial charge in [-0.15, -0.1) is 10.2 Å². The molecule has 0 aliphatic heterocycles. The minimum Gasteiger partial charge on any atom is -0.342 e. The van der Waals surface area contributed by atoms with Crippen LogP contribution in [0.5, 0.6) is 0 Å². The molecule has 0 aliphatic carbocycles. The number of aromatic nitrogens is 3. The Kier molecular flexibility index (Phi) is 7.84. The normalized spacial score (nSPS) is 11.9. The third-order valence-electron chi connectivity index (χ3n) is 5.20. The Morgan fingerprint density at radius 3 is 2.50 bits per heavy atom. The summed E-state index contributed by atoms with van der Waals surface area (Å²) in [5, 5.41) is 13.9. The highest BCUT2D eigenvalue weighted by molar-refractivity contribution is 7.98. The fourth-order valence-electron chi connectivity index (χ4n) is 3.41. The summed E-state index contributed by atoms with van der Waals surface area (Å²) in [4.78, 5) is 12.9. The van der Waals surface area contributed by atoms with Gasteiger partial charge in [0.2, 0.25) is 0 Å². The average molecular weight is 532 g/mol. The zero-order valence-corrected chi connectivity index (χ0v) is 21.5. The molecule has 0 radical (unpaired) electrons. The number of nitrogens with one attached hydrogen (secondary N) is 1. The molecule has 0 saturated carbocycles. The summed E-state index contributed by atoms with van der Waals surface area (Å²) in [5.74, 6) is 1.03. The van der Waals surface area contributed by atoms with Gasteiger partial charge in [-0.3, -0.25) is 9.36 Å². The van der Waals surface area contributed by atoms with E-state index in [2.05, 4.69) is 27.6 Å². The van der Waals surface area contributed by atoms with Crippen molar-refractivity contribution in [1.82, 2.24) is 20.1 Å². The maximum absolute atomic E-state index is 12.9. The van der Waals surface area contributed by atoms with Crippen LogP contribution >= 0.6 is 46.6 Å². The molecule has 9 heteroatoms. The lowest BCUT2D eigenvalue weighted by Gasteiger charge is -2.18. The number of amides is 1. The van der Waals surface area contributed by atoms with Gasteiger partial charge >= 0.3 is 0 Å². The Morgan fingerprint density at radius 1 is 1.00 bits per heavy atom. The van der Waals surface area contributed by atoms with Crippen molar-refractivity contribution in [3.8, 4) is 5.69 Å². The molecule has 4 rings (SSSR count). The van der Waals surface area contributed by atoms with Gasteiger partial charge in [0.25, 0.3) is 5.91 Å². The summed E-state index contributed by atoms with van der Waals surface area (Å²) < 4.78 is 1.95. The van der Waals surface area contributed by atoms with Crippen molar-refractivity contribution in [2.75, 3.05) is 0 Å². The Labute approximate surface area is 217 Å². The van der Waals surface area contributed by atoms with Gasteiger partial charge in [0.05, 0.1) is 21.8 Å². The molecule has 0 fully saturated rings. The Morgan fingerprint density at radius 2 is 1.76 bits per heavy atom. The Balaban J connectivity index is 1.67. The fourth-order valence-corrected chi connectivity index (χ4v) is 4.78. The van der Waals surface area contributed by atoms with E-state index in [1.165, 1.54) is 5.56 Å². The molecule has 0 spiro atoms. The van der Waals surface area contributed by atoms with E-state index in [-0.39, 0.29) is 5.91 Å². The largest absolute Gasteiger partial charge is 0.342 e. The van der Waals surface area contributed by atoms with Crippen LogP contribution in [0.2, 0.25) is 15.1 Å². The second kappa shape index (κ2) is 10.8. The summed E-state index contributed by atoms with van der Waals surface area (Å²) in [7, 11) is 0. The van der Waals surface area contributed by atoms with Gasteiger partial charge < -0.3 is 5.32 Å². The summed E-state index contributed by atoms with van der Waals surface area (Å²) in [6, 6.07) is 20.1. The fraction of sp³-hybridized carbons (Fsp3) is 0.160. The number of thioether (sulfide) groups is 1. The lowest BCUT2D eigenvalue weighted by Crippen LogP contribution is -2.28. The first-order valence-electron chi connectivity index (χ1n) is 10.5. The van der Waals surface area contributed by atoms with Gasteiger partial charge in [-0.2, -0.15) is 0 Å². The number of benzene rings is 3. The third-order valence-corrected chi connectivity index (χ3v) is 7.17. The number of hydrogen-bond acceptors (Lipinski definition) is 4. The van der Waals surface area contributed by atoms with Crippen LogP contribution in [0.1, 0.15) is 40.3 Å². The number of hydrogen-bond donors (Lipinski definition) is 1. The van der Waals surface area contributed by atoms with E-state index in [1.807, 2.05) is 54.8 Å². The van der Waals surface area contributed by atoms with Crippen molar-refractivity contribution in [3.63, 3.8) is 0 Å². The summed E-state index contributed by atoms with van der Waals surface area (Å²) >= 11 is 20.0. The van der Waals surface area contributed by atoms with Crippen LogP contribution in [0, 0.1) is 6.92 Å². The molecular formula is C25H21Cl3N4OS. The van der Waals surface area contributed by atoms with E-state index in [0.29, 0.717) is 31.6 Å². The molecule has 0 bridgehead atoms. The van der Waals surface area contributed by atoms with Crippen LogP contribution in [0.4, 0.5) is 0 Å². The van der Waals surface area contributed by atoms with E-state index < -0.39 is 6.04 Å². The van der Waals surface area contributed by atoms with Crippen LogP contribution in [-0.2, 0) is 5.75 Å². The van der Waals surface area contributed by atoms with Crippen molar-refractivity contribution in [1.29, 1.82) is 0 Å². The number of halogens is 3. The molecule has 1 unspecified atom stereocenters. The van der Waals surface area contributed by atoms with Gasteiger partial charge in [-0.1, -0.05) is 83.0 Å². The van der Waals surface area contributed by atoms with E-state index in [9.17, 15) is 4.79 Å². The van der Waals surface area contributed by atoms with E-state index in [0.717, 1.165) is 17.0 Å². The second-order valence-corrected chi connectivity index (χ2v) is 9.90. The molecule has 174 valence electrons. The Hall–Kier alpha value is -2.51. The van der Waals surface area contributed by atoms with E-state index in [1.54, 1.807) is 30.0 Å². The quantitative estimate of drug-likeness (QED) is 0.254. The number of carbonyl (C=O) groups excluding carboxylic acids is 1. The van der Waals surface area contributed by atoms with Crippen LogP contribution < -0.4 is 5.32 Å². The number of rotatable bonds is 7. The molecular weight excluding hydrogens is 511 g/mol. The molecule has 1 aromatic heterocycles. The minimum absolute atomic E-state index is 0.290. The minimum atomic E-state index is -0.445. The topological polar surface area (TPSA) is 59.8 Å². The molecule has 4 aromatic rings. The molecule has 0 saturated heterocycles. The zero-order valence-electron chi connectivity index (χ0n) is 18.4. The predicted octanol–water partition coefficient (Wildman–Crippen LogP) is 7.32. The second-order valence-electron chi connectivity index (χ2n) is 7.71. The van der Waals surface area contributed by atoms with Gasteiger partial charge in [0.1, 0.15) is 0 Å². The van der Waals surface area contributed by atoms with E-state index in [4.69, 9.17) is 34.8 Å². The Bertz CT molecular complexity index is 1330. The number of nitrogens with zero attached hydrogens (tertiary/aromatic N) is 3. The maximum Gasteiger partial charge on any atom is 0.251 e. The van der Waals surface area contributed by atoms with Gasteiger partial charge in [0.15, 0.2) is 11.0 Å². The van der Waals surface area contributed by atoms with Crippen LogP contribution in [0.15, 0.2) is 71.9 Å². The SMILES string of the molecule is Cc1ccc(Cl)cc1-n1c(SCc2ccccc2)nnc1C(C)NC(=O)c1ccc(Cl)c(Cl)c1. The summed E-state index contributed by atoms with van der Waals surface area (Å²) in [5.41, 5.74) is 3.45. The van der Waals surface area contributed by atoms with Crippen LogP contribution in [0.3, 0.4) is 0 Å². The predicted molar refractivity (Wildman–Crippen MR) is 139 cm³/mol. The van der Waals surface area contributed by atoms with Crippen molar-refractivity contribution < 1.29 is 4.79 Å². The molecule has 0 aliphatic rings. The smallest absolute Gasteiger partial charge is 0.251 e. The monoisotopic (exact) mass is 530 g/mol. The van der Waals surface area contributed by atoms with Gasteiger partial charge in [0, 0.05) is 16.3 Å². The lowest BCUT2D eigenvalue weighted by atomic mass is 10.1. The van der Waals surface area contributed by atoms with Crippen LogP contribution in [-0.4, -0.2) is 20.7 Å². The molecule has 34 heavy (non-hydrogen) atoms. The molecule has 1 amide bonds. The van der Waals surface area contributed by atoms with Crippen molar-refractivity contribution in [2.45, 2.75) is 30.8 Å². The standard InChI is InChI=1S/C25H21Cl3N4OS/c1-15-8-10-19(26)13-22(15)32-23(30-31-25(32)34-14-17-6-4-3-5-7-17)16(2)29-24(33)18-9-11-20(27)21(28)12-18/h3-13,16H,14H2,1-2H3,(H,29,33).